The van der Waals surface area contributed by atoms with Gasteiger partial charge in [-0.2, -0.15) is 0 Å². The number of rotatable bonds is 11. The molecule has 0 aromatic heterocycles. The molecule has 0 unspecified atom stereocenters. The summed E-state index contributed by atoms with van der Waals surface area (Å²) >= 11 is 0. The molecule has 0 aliphatic rings. The second kappa shape index (κ2) is 10.9. The Bertz CT molecular complexity index is 601. The van der Waals surface area contributed by atoms with Gasteiger partial charge in [-0.3, -0.25) is 10.1 Å². The van der Waals surface area contributed by atoms with Crippen molar-refractivity contribution >= 4 is 15.1 Å². The molecule has 0 radical (unpaired) electrons. The van der Waals surface area contributed by atoms with E-state index in [9.17, 15) is 10.1 Å². The number of aryl methyl sites for hydroxylation is 1. The van der Waals surface area contributed by atoms with E-state index in [1.165, 1.54) is 6.08 Å². The van der Waals surface area contributed by atoms with Gasteiger partial charge in [-0.15, -0.1) is 0 Å². The molecule has 1 rings (SSSR count). The van der Waals surface area contributed by atoms with Crippen LogP contribution in [0.4, 0.5) is 0 Å². The van der Waals surface area contributed by atoms with Crippen LogP contribution in [0.5, 0.6) is 11.5 Å². The van der Waals surface area contributed by atoms with Gasteiger partial charge in [-0.25, -0.2) is 0 Å². The number of nitro groups is 1. The van der Waals surface area contributed by atoms with Crippen molar-refractivity contribution in [2.75, 3.05) is 20.8 Å². The number of methoxy groups -OCH3 is 2. The summed E-state index contributed by atoms with van der Waals surface area (Å²) in [6.07, 6.45) is 5.76. The van der Waals surface area contributed by atoms with E-state index in [4.69, 9.17) is 13.9 Å². The Morgan fingerprint density at radius 1 is 1.20 bits per heavy atom. The van der Waals surface area contributed by atoms with Crippen molar-refractivity contribution in [2.24, 2.45) is 0 Å². The highest BCUT2D eigenvalue weighted by Gasteiger charge is 2.16. The molecule has 0 aliphatic heterocycles. The molecule has 7 heteroatoms. The molecule has 140 valence electrons. The van der Waals surface area contributed by atoms with E-state index in [2.05, 4.69) is 6.92 Å². The van der Waals surface area contributed by atoms with Gasteiger partial charge in [0.15, 0.2) is 9.04 Å². The van der Waals surface area contributed by atoms with Crippen LogP contribution in [0.3, 0.4) is 0 Å². The van der Waals surface area contributed by atoms with Gasteiger partial charge in [-0.05, 0) is 43.6 Å². The maximum atomic E-state index is 11.3. The highest BCUT2D eigenvalue weighted by molar-refractivity contribution is 6.48. The van der Waals surface area contributed by atoms with Crippen LogP contribution in [-0.4, -0.2) is 34.8 Å². The molecule has 0 heterocycles. The van der Waals surface area contributed by atoms with Gasteiger partial charge >= 0.3 is 0 Å². The first-order valence-electron chi connectivity index (χ1n) is 8.64. The molecule has 25 heavy (non-hydrogen) atoms. The maximum Gasteiger partial charge on any atom is 0.271 e. The molecule has 0 N–H and O–H groups in total. The summed E-state index contributed by atoms with van der Waals surface area (Å²) in [7, 11) is 1.84. The van der Waals surface area contributed by atoms with E-state index in [0.717, 1.165) is 37.0 Å². The van der Waals surface area contributed by atoms with E-state index in [1.54, 1.807) is 20.3 Å². The molecule has 6 nitrogen and oxygen atoms in total. The first kappa shape index (κ1) is 21.2. The third-order valence-corrected chi connectivity index (χ3v) is 4.64. The number of ether oxygens (including phenoxy) is 2. The van der Waals surface area contributed by atoms with Crippen LogP contribution >= 0.6 is 0 Å². The number of hydrogen-bond donors (Lipinski definition) is 0. The van der Waals surface area contributed by atoms with E-state index in [1.807, 2.05) is 19.2 Å². The topological polar surface area (TPSA) is 70.8 Å². The molecule has 0 fully saturated rings. The Labute approximate surface area is 151 Å². The van der Waals surface area contributed by atoms with Crippen molar-refractivity contribution in [1.82, 2.24) is 0 Å². The van der Waals surface area contributed by atoms with Gasteiger partial charge in [0.05, 0.1) is 19.1 Å². The molecule has 0 saturated heterocycles. The Balaban J connectivity index is 3.19. The number of unbranched alkanes of at least 4 members (excludes halogenated alkanes) is 2. The minimum Gasteiger partial charge on any atom is -0.496 e. The molecule has 0 atom stereocenters. The van der Waals surface area contributed by atoms with Gasteiger partial charge in [0, 0.05) is 11.6 Å². The van der Waals surface area contributed by atoms with Crippen molar-refractivity contribution in [3.63, 3.8) is 0 Å². The molecular weight excluding hydrogens is 338 g/mol. The molecule has 0 aliphatic carbocycles. The molecular formula is C18H29NO5Si. The van der Waals surface area contributed by atoms with E-state index in [0.29, 0.717) is 11.3 Å². The Morgan fingerprint density at radius 3 is 2.40 bits per heavy atom. The lowest BCUT2D eigenvalue weighted by Gasteiger charge is -2.13. The van der Waals surface area contributed by atoms with Gasteiger partial charge < -0.3 is 13.9 Å². The van der Waals surface area contributed by atoms with Crippen LogP contribution in [0.2, 0.25) is 13.1 Å². The molecule has 0 bridgehead atoms. The van der Waals surface area contributed by atoms with Gasteiger partial charge in [0.1, 0.15) is 18.1 Å². The zero-order chi connectivity index (χ0) is 18.8. The van der Waals surface area contributed by atoms with Crippen LogP contribution in [0, 0.1) is 10.1 Å². The smallest absolute Gasteiger partial charge is 0.271 e. The predicted molar refractivity (Wildman–Crippen MR) is 103 cm³/mol. The second-order valence-corrected chi connectivity index (χ2v) is 8.55. The van der Waals surface area contributed by atoms with Crippen LogP contribution in [0.25, 0.3) is 6.08 Å². The lowest BCUT2D eigenvalue weighted by atomic mass is 10.0. The highest BCUT2D eigenvalue weighted by atomic mass is 28.3. The zero-order valence-corrected chi connectivity index (χ0v) is 17.0. The molecule has 0 saturated carbocycles. The lowest BCUT2D eigenvalue weighted by Crippen LogP contribution is -2.14. The first-order valence-corrected chi connectivity index (χ1v) is 11.4. The number of nitrogens with zero attached hydrogens (tertiary/aromatic N) is 1. The maximum absolute atomic E-state index is 11.3. The van der Waals surface area contributed by atoms with Gasteiger partial charge in [-0.1, -0.05) is 19.8 Å². The number of benzene rings is 1. The van der Waals surface area contributed by atoms with Gasteiger partial charge in [0.25, 0.3) is 5.70 Å². The number of hydrogen-bond acceptors (Lipinski definition) is 5. The fraction of sp³-hybridized carbons (Fsp3) is 0.556. The fourth-order valence-corrected chi connectivity index (χ4v) is 2.94. The van der Waals surface area contributed by atoms with Crippen LogP contribution in [0.1, 0.15) is 37.3 Å². The SMILES string of the molecule is CCCCCc1cc(OC)c(C=C(CO[SiH](C)C)[N+](=O)[O-])cc1OC. The summed E-state index contributed by atoms with van der Waals surface area (Å²) in [6.45, 7) is 6.12. The zero-order valence-electron chi connectivity index (χ0n) is 15.8. The Kier molecular flexibility index (Phi) is 9.23. The van der Waals surface area contributed by atoms with Crippen molar-refractivity contribution in [1.29, 1.82) is 0 Å². The van der Waals surface area contributed by atoms with E-state index in [-0.39, 0.29) is 12.3 Å². The molecule has 0 amide bonds. The largest absolute Gasteiger partial charge is 0.496 e. The first-order chi connectivity index (χ1) is 11.9. The lowest BCUT2D eigenvalue weighted by molar-refractivity contribution is -0.427. The fourth-order valence-electron chi connectivity index (χ4n) is 2.44. The Hall–Kier alpha value is -1.86. The molecule has 0 spiro atoms. The third kappa shape index (κ3) is 6.87. The van der Waals surface area contributed by atoms with Gasteiger partial charge in [0.2, 0.25) is 0 Å². The van der Waals surface area contributed by atoms with Crippen molar-refractivity contribution in [3.8, 4) is 11.5 Å². The minimum absolute atomic E-state index is 0.000605. The average Bonchev–Trinajstić information content (AvgIpc) is 2.58. The quantitative estimate of drug-likeness (QED) is 0.255. The summed E-state index contributed by atoms with van der Waals surface area (Å²) in [6, 6.07) is 3.71. The van der Waals surface area contributed by atoms with Crippen LogP contribution in [0.15, 0.2) is 17.8 Å². The summed E-state index contributed by atoms with van der Waals surface area (Å²) < 4.78 is 16.4. The van der Waals surface area contributed by atoms with E-state index >= 15 is 0 Å². The monoisotopic (exact) mass is 367 g/mol. The second-order valence-electron chi connectivity index (χ2n) is 6.12. The third-order valence-electron chi connectivity index (χ3n) is 3.80. The summed E-state index contributed by atoms with van der Waals surface area (Å²) in [5.74, 6) is 1.33. The van der Waals surface area contributed by atoms with E-state index < -0.39 is 14.0 Å². The Morgan fingerprint density at radius 2 is 1.88 bits per heavy atom. The summed E-state index contributed by atoms with van der Waals surface area (Å²) in [5, 5.41) is 11.3. The summed E-state index contributed by atoms with van der Waals surface area (Å²) in [5.41, 5.74) is 1.69. The standard InChI is InChI=1S/C18H29NO5Si/c1-6-7-8-9-14-11-18(23-3)15(12-17(14)22-2)10-16(19(20)21)13-24-25(4)5/h10-12,25H,6-9,13H2,1-5H3. The minimum atomic E-state index is -1.34. The molecule has 1 aromatic carbocycles. The predicted octanol–water partition coefficient (Wildman–Crippen LogP) is 4.05. The summed E-state index contributed by atoms with van der Waals surface area (Å²) in [4.78, 5) is 10.9. The normalized spacial score (nSPS) is 11.7. The van der Waals surface area contributed by atoms with Crippen LogP contribution < -0.4 is 9.47 Å². The van der Waals surface area contributed by atoms with Crippen molar-refractivity contribution in [2.45, 2.75) is 45.7 Å². The van der Waals surface area contributed by atoms with Crippen molar-refractivity contribution in [3.05, 3.63) is 39.1 Å². The van der Waals surface area contributed by atoms with Crippen LogP contribution in [-0.2, 0) is 10.8 Å². The highest BCUT2D eigenvalue weighted by Crippen LogP contribution is 2.31. The molecule has 1 aromatic rings. The average molecular weight is 368 g/mol. The van der Waals surface area contributed by atoms with Crippen molar-refractivity contribution < 1.29 is 18.8 Å².